The third kappa shape index (κ3) is 11.7. The number of piperazine rings is 1. The van der Waals surface area contributed by atoms with E-state index in [-0.39, 0.29) is 60.9 Å². The highest BCUT2D eigenvalue weighted by molar-refractivity contribution is 6.10. The molecule has 0 radical (unpaired) electrons. The van der Waals surface area contributed by atoms with Crippen molar-refractivity contribution in [2.24, 2.45) is 0 Å². The molecule has 7 rings (SSSR count). The number of carbonyl (C=O) groups is 4. The van der Waals surface area contributed by atoms with E-state index in [2.05, 4.69) is 51.0 Å². The fourth-order valence-corrected chi connectivity index (χ4v) is 7.90. The van der Waals surface area contributed by atoms with Gasteiger partial charge in [-0.25, -0.2) is 19.9 Å². The van der Waals surface area contributed by atoms with Gasteiger partial charge in [-0.05, 0) is 63.4 Å². The largest absolute Gasteiger partial charge is 0.379 e. The van der Waals surface area contributed by atoms with E-state index in [1.807, 2.05) is 12.1 Å². The highest BCUT2D eigenvalue weighted by Crippen LogP contribution is 2.32. The molecule has 336 valence electrons. The van der Waals surface area contributed by atoms with Crippen LogP contribution in [0.2, 0.25) is 0 Å². The van der Waals surface area contributed by atoms with Crippen molar-refractivity contribution in [3.63, 3.8) is 0 Å². The molecule has 0 unspecified atom stereocenters. The average molecular weight is 875 g/mol. The molecule has 1 aromatic carbocycles. The molecule has 1 aliphatic heterocycles. The number of aryl methyl sites for hydroxylation is 2. The Bertz CT molecular complexity index is 2500. The monoisotopic (exact) mass is 874 g/mol. The van der Waals surface area contributed by atoms with Crippen molar-refractivity contribution in [1.82, 2.24) is 39.7 Å². The summed E-state index contributed by atoms with van der Waals surface area (Å²) >= 11 is 0. The van der Waals surface area contributed by atoms with Crippen LogP contribution in [0.1, 0.15) is 77.2 Å². The van der Waals surface area contributed by atoms with Crippen LogP contribution in [0.25, 0.3) is 11.0 Å². The van der Waals surface area contributed by atoms with Crippen molar-refractivity contribution < 1.29 is 28.7 Å². The van der Waals surface area contributed by atoms with Crippen LogP contribution < -0.4 is 31.7 Å². The molecule has 1 saturated carbocycles. The number of anilines is 5. The molecule has 64 heavy (non-hydrogen) atoms. The molecule has 0 atom stereocenters. The van der Waals surface area contributed by atoms with Gasteiger partial charge in [0, 0.05) is 50.3 Å². The maximum Gasteiger partial charge on any atom is 0.263 e. The summed E-state index contributed by atoms with van der Waals surface area (Å²) in [6, 6.07) is 10.6. The average Bonchev–Trinajstić information content (AvgIpc) is 3.82. The van der Waals surface area contributed by atoms with Crippen LogP contribution in [0.3, 0.4) is 0 Å². The molecule has 1 saturated heterocycles. The second kappa shape index (κ2) is 21.6. The Morgan fingerprint density at radius 3 is 2.25 bits per heavy atom. The Morgan fingerprint density at radius 2 is 1.53 bits per heavy atom. The van der Waals surface area contributed by atoms with Gasteiger partial charge in [-0.3, -0.25) is 33.4 Å². The molecular formula is C45H54N12O7. The number of ether oxygens (including phenoxy) is 2. The number of Topliss-reactive ketones (excluding diaryl/α,β-unsaturated/α-hetero) is 1. The zero-order valence-corrected chi connectivity index (χ0v) is 36.4. The summed E-state index contributed by atoms with van der Waals surface area (Å²) < 4.78 is 12.8. The van der Waals surface area contributed by atoms with Gasteiger partial charge in [0.25, 0.3) is 11.5 Å². The molecule has 0 spiro atoms. The van der Waals surface area contributed by atoms with E-state index < -0.39 is 5.91 Å². The Hall–Kier alpha value is -6.70. The van der Waals surface area contributed by atoms with Gasteiger partial charge in [-0.2, -0.15) is 4.98 Å². The molecule has 0 bridgehead atoms. The minimum Gasteiger partial charge on any atom is -0.379 e. The van der Waals surface area contributed by atoms with Crippen LogP contribution in [-0.4, -0.2) is 124 Å². The Balaban J connectivity index is 0.763. The fourth-order valence-electron chi connectivity index (χ4n) is 7.90. The van der Waals surface area contributed by atoms with Gasteiger partial charge in [0.05, 0.1) is 86.2 Å². The number of ketones is 1. The smallest absolute Gasteiger partial charge is 0.263 e. The molecule has 5 heterocycles. The Morgan fingerprint density at radius 1 is 0.797 bits per heavy atom. The number of hydrogen-bond donors (Lipinski definition) is 4. The number of para-hydroxylation sites is 1. The highest BCUT2D eigenvalue weighted by atomic mass is 16.5. The number of nitrogens with one attached hydrogen (secondary N) is 4. The predicted molar refractivity (Wildman–Crippen MR) is 241 cm³/mol. The van der Waals surface area contributed by atoms with Crippen LogP contribution in [-0.2, 0) is 19.1 Å². The zero-order valence-electron chi connectivity index (χ0n) is 36.4. The minimum atomic E-state index is -0.397. The number of hydrogen-bond acceptors (Lipinski definition) is 15. The first-order valence-corrected chi connectivity index (χ1v) is 21.6. The van der Waals surface area contributed by atoms with Gasteiger partial charge >= 0.3 is 0 Å². The van der Waals surface area contributed by atoms with Crippen LogP contribution in [0, 0.1) is 13.8 Å². The van der Waals surface area contributed by atoms with Gasteiger partial charge in [0.1, 0.15) is 17.3 Å². The lowest BCUT2D eigenvalue weighted by Crippen LogP contribution is -2.49. The number of carbonyl (C=O) groups excluding carboxylic acids is 4. The minimum absolute atomic E-state index is 0.00766. The second-order valence-corrected chi connectivity index (χ2v) is 15.8. The normalized spacial score (nSPS) is 14.4. The molecule has 3 amide bonds. The second-order valence-electron chi connectivity index (χ2n) is 15.8. The Labute approximate surface area is 370 Å². The quantitative estimate of drug-likeness (QED) is 0.0673. The topological polar surface area (TPSA) is 228 Å². The van der Waals surface area contributed by atoms with E-state index >= 15 is 0 Å². The molecule has 19 heteroatoms. The van der Waals surface area contributed by atoms with Crippen LogP contribution in [0.4, 0.5) is 28.8 Å². The number of fused-ring (bicyclic) bond motifs is 1. The third-order valence-electron chi connectivity index (χ3n) is 11.2. The summed E-state index contributed by atoms with van der Waals surface area (Å²) in [6.07, 6.45) is 10.4. The number of nitrogens with zero attached hydrogens (tertiary/aromatic N) is 8. The highest BCUT2D eigenvalue weighted by Gasteiger charge is 2.26. The van der Waals surface area contributed by atoms with Gasteiger partial charge in [-0.15, -0.1) is 0 Å². The van der Waals surface area contributed by atoms with E-state index in [0.29, 0.717) is 84.0 Å². The predicted octanol–water partition coefficient (Wildman–Crippen LogP) is 4.21. The lowest BCUT2D eigenvalue weighted by molar-refractivity contribution is -0.122. The molecular weight excluding hydrogens is 821 g/mol. The third-order valence-corrected chi connectivity index (χ3v) is 11.2. The van der Waals surface area contributed by atoms with E-state index in [4.69, 9.17) is 14.5 Å². The van der Waals surface area contributed by atoms with E-state index in [9.17, 15) is 24.0 Å². The summed E-state index contributed by atoms with van der Waals surface area (Å²) in [6.45, 7) is 9.57. The van der Waals surface area contributed by atoms with Crippen molar-refractivity contribution in [2.45, 2.75) is 58.9 Å². The molecule has 2 aliphatic rings. The number of rotatable bonds is 19. The van der Waals surface area contributed by atoms with E-state index in [0.717, 1.165) is 44.5 Å². The maximum absolute atomic E-state index is 13.6. The molecule has 4 aromatic heterocycles. The summed E-state index contributed by atoms with van der Waals surface area (Å²) in [5, 5.41) is 12.3. The van der Waals surface area contributed by atoms with Gasteiger partial charge < -0.3 is 35.6 Å². The zero-order chi connectivity index (χ0) is 45.0. The number of pyridine rings is 2. The summed E-state index contributed by atoms with van der Waals surface area (Å²) in [5.41, 5.74) is 3.12. The van der Waals surface area contributed by atoms with Crippen molar-refractivity contribution >= 4 is 63.4 Å². The molecule has 19 nitrogen and oxygen atoms in total. The number of aromatic nitrogens is 6. The van der Waals surface area contributed by atoms with Gasteiger partial charge in [0.15, 0.2) is 5.78 Å². The van der Waals surface area contributed by atoms with Crippen molar-refractivity contribution in [1.29, 1.82) is 0 Å². The van der Waals surface area contributed by atoms with Crippen LogP contribution >= 0.6 is 0 Å². The first-order chi connectivity index (χ1) is 31.0. The molecule has 2 fully saturated rings. The first kappa shape index (κ1) is 45.3. The fraction of sp³-hybridized carbons (Fsp3) is 0.422. The molecule has 5 aromatic rings. The molecule has 1 aliphatic carbocycles. The van der Waals surface area contributed by atoms with E-state index in [1.165, 1.54) is 19.3 Å². The van der Waals surface area contributed by atoms with Crippen LogP contribution in [0.5, 0.6) is 0 Å². The Kier molecular flexibility index (Phi) is 15.3. The lowest BCUT2D eigenvalue weighted by Gasteiger charge is -2.35. The van der Waals surface area contributed by atoms with Crippen molar-refractivity contribution in [3.8, 4) is 0 Å². The standard InChI is InChI=1S/C45H54N12O7/c1-29-36-27-50-45(54-42(36)57(33-8-4-5-9-33)44(62)41(29)30(2)58)53-38-13-12-34(26-49-38)56-18-16-55(17-19-56)28-40(60)46-15-21-64-23-22-63-20-14-39(59)52-37-11-7-6-10-35(37)43(61)51-32-24-47-31(3)48-25-32/h6-7,10-13,24-27,33H,4-5,8-9,14-23,28H2,1-3H3,(H,46,60)(H,51,61)(H,52,59)(H,49,50,53,54). The summed E-state index contributed by atoms with van der Waals surface area (Å²) in [7, 11) is 0. The van der Waals surface area contributed by atoms with Crippen LogP contribution in [0.15, 0.2) is 66.0 Å². The SMILES string of the molecule is CC(=O)c1c(C)c2cnc(Nc3ccc(N4CCN(CC(=O)NCCOCCOCCC(=O)Nc5ccccc5C(=O)Nc5cnc(C)nc5)CC4)cn3)nc2n(C2CCCC2)c1=O. The summed E-state index contributed by atoms with van der Waals surface area (Å²) in [5.74, 6) is 0.430. The van der Waals surface area contributed by atoms with E-state index in [1.54, 1.807) is 55.1 Å². The summed E-state index contributed by atoms with van der Waals surface area (Å²) in [4.78, 5) is 90.4. The lowest BCUT2D eigenvalue weighted by atomic mass is 10.0. The first-order valence-electron chi connectivity index (χ1n) is 21.6. The number of amides is 3. The van der Waals surface area contributed by atoms with Gasteiger partial charge in [0.2, 0.25) is 17.8 Å². The number of benzene rings is 1. The van der Waals surface area contributed by atoms with Crippen molar-refractivity contribution in [3.05, 3.63) is 94.1 Å². The van der Waals surface area contributed by atoms with Gasteiger partial charge in [-0.1, -0.05) is 25.0 Å². The van der Waals surface area contributed by atoms with Crippen molar-refractivity contribution in [2.75, 3.05) is 86.5 Å². The maximum atomic E-state index is 13.6. The molecule has 4 N–H and O–H groups in total.